The third kappa shape index (κ3) is 4.94. The third-order valence-corrected chi connectivity index (χ3v) is 3.23. The molecule has 0 saturated carbocycles. The number of hydrogen-bond donors (Lipinski definition) is 0. The van der Waals surface area contributed by atoms with E-state index in [1.54, 1.807) is 29.7 Å². The Morgan fingerprint density at radius 1 is 1.45 bits per heavy atom. The average molecular weight is 284 g/mol. The monoisotopic (exact) mass is 284 g/mol. The minimum Gasteiger partial charge on any atom is -0.465 e. The first kappa shape index (κ1) is 16.7. The van der Waals surface area contributed by atoms with Crippen molar-refractivity contribution in [1.82, 2.24) is 9.80 Å². The van der Waals surface area contributed by atoms with Gasteiger partial charge in [0.25, 0.3) is 0 Å². The molecule has 0 radical (unpaired) electrons. The van der Waals surface area contributed by atoms with Gasteiger partial charge in [0, 0.05) is 19.6 Å². The first-order valence-electron chi connectivity index (χ1n) is 6.97. The van der Waals surface area contributed by atoms with Crippen LogP contribution in [-0.2, 0) is 19.1 Å². The number of morpholine rings is 1. The SMILES string of the molecule is C=CCN(CC(=O)OCC)C(C)C(=O)N1CCOCC1. The minimum absolute atomic E-state index is 0.0134. The second-order valence-electron chi connectivity index (χ2n) is 4.64. The number of esters is 1. The summed E-state index contributed by atoms with van der Waals surface area (Å²) in [5.74, 6) is -0.310. The quantitative estimate of drug-likeness (QED) is 0.496. The molecule has 1 rings (SSSR count). The van der Waals surface area contributed by atoms with Gasteiger partial charge in [-0.25, -0.2) is 0 Å². The Hall–Kier alpha value is -1.40. The van der Waals surface area contributed by atoms with Crippen molar-refractivity contribution >= 4 is 11.9 Å². The first-order chi connectivity index (χ1) is 9.60. The van der Waals surface area contributed by atoms with Crippen molar-refractivity contribution in [1.29, 1.82) is 0 Å². The maximum atomic E-state index is 12.4. The molecule has 1 amide bonds. The molecule has 0 aromatic carbocycles. The second-order valence-corrected chi connectivity index (χ2v) is 4.64. The molecule has 20 heavy (non-hydrogen) atoms. The number of hydrogen-bond acceptors (Lipinski definition) is 5. The van der Waals surface area contributed by atoms with Gasteiger partial charge in [0.15, 0.2) is 0 Å². The van der Waals surface area contributed by atoms with Crippen molar-refractivity contribution in [3.8, 4) is 0 Å². The lowest BCUT2D eigenvalue weighted by atomic mass is 10.2. The summed E-state index contributed by atoms with van der Waals surface area (Å²) >= 11 is 0. The van der Waals surface area contributed by atoms with E-state index >= 15 is 0 Å². The number of carbonyl (C=O) groups excluding carboxylic acids is 2. The smallest absolute Gasteiger partial charge is 0.320 e. The molecule has 1 fully saturated rings. The molecular weight excluding hydrogens is 260 g/mol. The maximum Gasteiger partial charge on any atom is 0.320 e. The number of ether oxygens (including phenoxy) is 2. The molecule has 0 spiro atoms. The fraction of sp³-hybridized carbons (Fsp3) is 0.714. The van der Waals surface area contributed by atoms with Gasteiger partial charge in [-0.1, -0.05) is 6.08 Å². The van der Waals surface area contributed by atoms with Crippen LogP contribution in [0.2, 0.25) is 0 Å². The molecule has 0 aromatic heterocycles. The van der Waals surface area contributed by atoms with Gasteiger partial charge in [-0.15, -0.1) is 6.58 Å². The summed E-state index contributed by atoms with van der Waals surface area (Å²) in [4.78, 5) is 27.5. The van der Waals surface area contributed by atoms with Crippen LogP contribution in [-0.4, -0.2) is 73.7 Å². The van der Waals surface area contributed by atoms with Crippen molar-refractivity contribution in [2.75, 3.05) is 46.0 Å². The van der Waals surface area contributed by atoms with E-state index < -0.39 is 0 Å². The van der Waals surface area contributed by atoms with Crippen LogP contribution < -0.4 is 0 Å². The summed E-state index contributed by atoms with van der Waals surface area (Å²) in [7, 11) is 0. The van der Waals surface area contributed by atoms with Gasteiger partial charge < -0.3 is 14.4 Å². The van der Waals surface area contributed by atoms with Crippen LogP contribution in [0.25, 0.3) is 0 Å². The second kappa shape index (κ2) is 8.71. The Morgan fingerprint density at radius 3 is 2.65 bits per heavy atom. The molecule has 6 heteroatoms. The number of carbonyl (C=O) groups is 2. The molecule has 1 saturated heterocycles. The summed E-state index contributed by atoms with van der Waals surface area (Å²) in [6.07, 6.45) is 1.68. The van der Waals surface area contributed by atoms with Gasteiger partial charge in [-0.05, 0) is 13.8 Å². The Kier molecular flexibility index (Phi) is 7.25. The first-order valence-corrected chi connectivity index (χ1v) is 6.97. The molecule has 1 heterocycles. The molecule has 0 bridgehead atoms. The molecule has 0 aromatic rings. The number of rotatable bonds is 7. The van der Waals surface area contributed by atoms with Crippen molar-refractivity contribution < 1.29 is 19.1 Å². The Bertz CT molecular complexity index is 340. The highest BCUT2D eigenvalue weighted by molar-refractivity contribution is 5.82. The van der Waals surface area contributed by atoms with Gasteiger partial charge in [0.2, 0.25) is 5.91 Å². The van der Waals surface area contributed by atoms with Crippen LogP contribution in [0.4, 0.5) is 0 Å². The third-order valence-electron chi connectivity index (χ3n) is 3.23. The summed E-state index contributed by atoms with van der Waals surface area (Å²) in [5.41, 5.74) is 0. The van der Waals surface area contributed by atoms with Crippen molar-refractivity contribution in [3.05, 3.63) is 12.7 Å². The van der Waals surface area contributed by atoms with Crippen LogP contribution in [0.3, 0.4) is 0 Å². The summed E-state index contributed by atoms with van der Waals surface area (Å²) in [5, 5.41) is 0. The predicted molar refractivity (Wildman–Crippen MR) is 75.3 cm³/mol. The lowest BCUT2D eigenvalue weighted by Crippen LogP contribution is -2.51. The van der Waals surface area contributed by atoms with Crippen molar-refractivity contribution in [2.45, 2.75) is 19.9 Å². The van der Waals surface area contributed by atoms with Gasteiger partial charge in [-0.2, -0.15) is 0 Å². The normalized spacial score (nSPS) is 16.9. The van der Waals surface area contributed by atoms with Gasteiger partial charge >= 0.3 is 5.97 Å². The topological polar surface area (TPSA) is 59.1 Å². The van der Waals surface area contributed by atoms with Crippen LogP contribution in [0.1, 0.15) is 13.8 Å². The molecule has 1 unspecified atom stereocenters. The zero-order chi connectivity index (χ0) is 15.0. The average Bonchev–Trinajstić information content (AvgIpc) is 2.46. The molecule has 114 valence electrons. The van der Waals surface area contributed by atoms with E-state index in [0.29, 0.717) is 39.5 Å². The lowest BCUT2D eigenvalue weighted by Gasteiger charge is -2.33. The largest absolute Gasteiger partial charge is 0.465 e. The minimum atomic E-state index is -0.379. The molecule has 0 aliphatic carbocycles. The summed E-state index contributed by atoms with van der Waals surface area (Å²) < 4.78 is 10.2. The predicted octanol–water partition coefficient (Wildman–Crippen LogP) is 0.285. The Morgan fingerprint density at radius 2 is 2.10 bits per heavy atom. The van der Waals surface area contributed by atoms with E-state index in [1.165, 1.54) is 0 Å². The molecule has 1 atom stereocenters. The van der Waals surface area contributed by atoms with E-state index in [4.69, 9.17) is 9.47 Å². The van der Waals surface area contributed by atoms with E-state index in [9.17, 15) is 9.59 Å². The van der Waals surface area contributed by atoms with Crippen LogP contribution in [0.15, 0.2) is 12.7 Å². The zero-order valence-corrected chi connectivity index (χ0v) is 12.3. The Balaban J connectivity index is 2.61. The molecule has 0 N–H and O–H groups in total. The highest BCUT2D eigenvalue weighted by atomic mass is 16.5. The van der Waals surface area contributed by atoms with Gasteiger partial charge in [0.1, 0.15) is 0 Å². The van der Waals surface area contributed by atoms with Gasteiger partial charge in [-0.3, -0.25) is 14.5 Å². The summed E-state index contributed by atoms with van der Waals surface area (Å²) in [6.45, 7) is 10.5. The van der Waals surface area contributed by atoms with Crippen molar-refractivity contribution in [3.63, 3.8) is 0 Å². The van der Waals surface area contributed by atoms with Crippen LogP contribution in [0.5, 0.6) is 0 Å². The fourth-order valence-corrected chi connectivity index (χ4v) is 2.10. The zero-order valence-electron chi connectivity index (χ0n) is 12.3. The van der Waals surface area contributed by atoms with Crippen LogP contribution in [0, 0.1) is 0 Å². The lowest BCUT2D eigenvalue weighted by molar-refractivity contribution is -0.147. The molecule has 1 aliphatic heterocycles. The van der Waals surface area contributed by atoms with E-state index in [1.807, 2.05) is 0 Å². The molecule has 6 nitrogen and oxygen atoms in total. The fourth-order valence-electron chi connectivity index (χ4n) is 2.10. The number of amides is 1. The summed E-state index contributed by atoms with van der Waals surface area (Å²) in [6, 6.07) is -0.379. The highest BCUT2D eigenvalue weighted by Gasteiger charge is 2.28. The number of nitrogens with zero attached hydrogens (tertiary/aromatic N) is 2. The molecular formula is C14H24N2O4. The van der Waals surface area contributed by atoms with Crippen molar-refractivity contribution in [2.24, 2.45) is 0 Å². The maximum absolute atomic E-state index is 12.4. The van der Waals surface area contributed by atoms with E-state index in [0.717, 1.165) is 0 Å². The van der Waals surface area contributed by atoms with E-state index in [-0.39, 0.29) is 24.5 Å². The highest BCUT2D eigenvalue weighted by Crippen LogP contribution is 2.07. The van der Waals surface area contributed by atoms with E-state index in [2.05, 4.69) is 6.58 Å². The Labute approximate surface area is 120 Å². The molecule has 1 aliphatic rings. The van der Waals surface area contributed by atoms with Gasteiger partial charge in [0.05, 0.1) is 32.4 Å². The van der Waals surface area contributed by atoms with Crippen LogP contribution >= 0.6 is 0 Å². The standard InChI is InChI=1S/C14H24N2O4/c1-4-6-16(11-13(17)20-5-2)12(3)14(18)15-7-9-19-10-8-15/h4,12H,1,5-11H2,2-3H3.